The molecule has 2 aromatic heterocycles. The number of aryl methyl sites for hydroxylation is 2. The summed E-state index contributed by atoms with van der Waals surface area (Å²) >= 11 is 6.29. The van der Waals surface area contributed by atoms with Crippen LogP contribution >= 0.6 is 11.6 Å². The molecule has 0 fully saturated rings. The Morgan fingerprint density at radius 2 is 1.89 bits per heavy atom. The molecule has 0 aliphatic rings. The second kappa shape index (κ2) is 4.24. The lowest BCUT2D eigenvalue weighted by atomic mass is 9.89. The second-order valence-corrected chi connectivity index (χ2v) is 6.43. The van der Waals surface area contributed by atoms with Gasteiger partial charge in [-0.2, -0.15) is 4.98 Å². The molecule has 0 bridgehead atoms. The molecule has 0 saturated heterocycles. The van der Waals surface area contributed by atoms with Gasteiger partial charge in [0.2, 0.25) is 5.95 Å². The van der Waals surface area contributed by atoms with Crippen LogP contribution in [0.5, 0.6) is 0 Å². The van der Waals surface area contributed by atoms with Crippen LogP contribution in [0.2, 0.25) is 5.15 Å². The zero-order valence-corrected chi connectivity index (χ0v) is 14.5. The first kappa shape index (κ1) is 13.4. The van der Waals surface area contributed by atoms with Gasteiger partial charge in [-0.25, -0.2) is 4.98 Å². The number of halogens is 1. The van der Waals surface area contributed by atoms with Crippen molar-refractivity contribution in [2.45, 2.75) is 33.1 Å². The average molecular weight is 283 g/mol. The Balaban J connectivity index is 2.90. The molecule has 0 saturated carbocycles. The molecule has 1 N–H and O–H groups in total. The van der Waals surface area contributed by atoms with Gasteiger partial charge in [-0.3, -0.25) is 0 Å². The Morgan fingerprint density at radius 1 is 1.28 bits per heavy atom. The van der Waals surface area contributed by atoms with Crippen LogP contribution in [0.15, 0.2) is 0 Å². The van der Waals surface area contributed by atoms with E-state index in [1.165, 1.54) is 11.3 Å². The van der Waals surface area contributed by atoms with Crippen molar-refractivity contribution in [2.75, 3.05) is 4.98 Å². The summed E-state index contributed by atoms with van der Waals surface area (Å²) < 4.78 is 2.13. The third-order valence-electron chi connectivity index (χ3n) is 3.16. The van der Waals surface area contributed by atoms with E-state index in [0.717, 1.165) is 21.4 Å². The largest absolute Gasteiger partial charge is 0.389 e. The molecular formula is C12H19ClN4Si. The third kappa shape index (κ3) is 1.91. The molecule has 18 heavy (non-hydrogen) atoms. The van der Waals surface area contributed by atoms with Crippen LogP contribution in [0.25, 0.3) is 11.0 Å². The van der Waals surface area contributed by atoms with Gasteiger partial charge < -0.3 is 9.55 Å². The minimum atomic E-state index is 0.0530. The Bertz CT molecular complexity index is 613. The predicted molar refractivity (Wildman–Crippen MR) is 80.5 cm³/mol. The van der Waals surface area contributed by atoms with Gasteiger partial charge in [-0.15, -0.1) is 0 Å². The highest BCUT2D eigenvalue weighted by Crippen LogP contribution is 2.35. The summed E-state index contributed by atoms with van der Waals surface area (Å²) in [7, 11) is 2.84. The molecule has 2 aromatic rings. The molecule has 98 valence electrons. The van der Waals surface area contributed by atoms with Crippen LogP contribution in [0.1, 0.15) is 32.0 Å². The fraction of sp³-hybridized carbons (Fsp3) is 0.500. The van der Waals surface area contributed by atoms with Crippen LogP contribution in [0.4, 0.5) is 5.95 Å². The number of anilines is 1. The molecular weight excluding hydrogens is 264 g/mol. The minimum absolute atomic E-state index is 0.0530. The fourth-order valence-corrected chi connectivity index (χ4v) is 3.17. The minimum Gasteiger partial charge on any atom is -0.389 e. The number of fused-ring (bicyclic) bond motifs is 1. The normalized spacial score (nSPS) is 12.3. The number of rotatable bonds is 1. The molecule has 2 heterocycles. The highest BCUT2D eigenvalue weighted by molar-refractivity contribution is 6.34. The summed E-state index contributed by atoms with van der Waals surface area (Å²) in [6, 6.07) is 0. The van der Waals surface area contributed by atoms with Crippen LogP contribution in [-0.2, 0) is 12.5 Å². The van der Waals surface area contributed by atoms with Gasteiger partial charge >= 0.3 is 0 Å². The van der Waals surface area contributed by atoms with E-state index in [-0.39, 0.29) is 5.41 Å². The first-order chi connectivity index (χ1) is 8.27. The fourth-order valence-electron chi connectivity index (χ4n) is 2.64. The number of nitrogens with zero attached hydrogens (tertiary/aromatic N) is 3. The topological polar surface area (TPSA) is 42.7 Å². The number of nitrogens with one attached hydrogen (secondary N) is 1. The van der Waals surface area contributed by atoms with Gasteiger partial charge in [0.15, 0.2) is 0 Å². The molecule has 0 atom stereocenters. The SMILES string of the molecule is Cc1c(C(C)(C)C)n(C)c2nc(N[SiH3])nc(Cl)c12. The molecule has 4 nitrogen and oxygen atoms in total. The van der Waals surface area contributed by atoms with Gasteiger partial charge in [-0.1, -0.05) is 32.4 Å². The molecule has 0 aliphatic heterocycles. The Morgan fingerprint density at radius 3 is 2.39 bits per heavy atom. The zero-order chi connectivity index (χ0) is 13.7. The zero-order valence-electron chi connectivity index (χ0n) is 11.7. The van der Waals surface area contributed by atoms with Crippen LogP contribution in [0, 0.1) is 6.92 Å². The summed E-state index contributed by atoms with van der Waals surface area (Å²) in [6.07, 6.45) is 0. The molecule has 0 unspecified atom stereocenters. The van der Waals surface area contributed by atoms with Crippen LogP contribution < -0.4 is 4.98 Å². The lowest BCUT2D eigenvalue weighted by Gasteiger charge is -2.21. The van der Waals surface area contributed by atoms with Crippen molar-refractivity contribution < 1.29 is 0 Å². The second-order valence-electron chi connectivity index (χ2n) is 5.57. The number of hydrogen-bond donors (Lipinski definition) is 1. The molecule has 2 rings (SSSR count). The smallest absolute Gasteiger partial charge is 0.217 e. The van der Waals surface area contributed by atoms with Crippen LogP contribution in [-0.4, -0.2) is 24.9 Å². The maximum atomic E-state index is 6.29. The summed E-state index contributed by atoms with van der Waals surface area (Å²) in [4.78, 5) is 11.9. The molecule has 0 spiro atoms. The number of aromatic nitrogens is 3. The van der Waals surface area contributed by atoms with E-state index in [0.29, 0.717) is 11.1 Å². The molecule has 0 aromatic carbocycles. The first-order valence-electron chi connectivity index (χ1n) is 5.98. The van der Waals surface area contributed by atoms with Gasteiger partial charge in [-0.05, 0) is 12.5 Å². The monoisotopic (exact) mass is 282 g/mol. The first-order valence-corrected chi connectivity index (χ1v) is 7.36. The third-order valence-corrected chi connectivity index (χ3v) is 3.88. The summed E-state index contributed by atoms with van der Waals surface area (Å²) in [5, 5.41) is 1.49. The van der Waals surface area contributed by atoms with E-state index in [1.54, 1.807) is 0 Å². The van der Waals surface area contributed by atoms with E-state index in [4.69, 9.17) is 11.6 Å². The Labute approximate surface area is 115 Å². The van der Waals surface area contributed by atoms with E-state index in [1.807, 2.05) is 7.05 Å². The summed E-state index contributed by atoms with van der Waals surface area (Å²) in [6.45, 7) is 8.68. The van der Waals surface area contributed by atoms with E-state index in [2.05, 4.69) is 47.2 Å². The van der Waals surface area contributed by atoms with E-state index >= 15 is 0 Å². The van der Waals surface area contributed by atoms with Crippen molar-refractivity contribution in [2.24, 2.45) is 7.05 Å². The molecule has 0 amide bonds. The van der Waals surface area contributed by atoms with Crippen molar-refractivity contribution in [3.8, 4) is 0 Å². The van der Waals surface area contributed by atoms with Gasteiger partial charge in [0, 0.05) is 18.2 Å². The highest BCUT2D eigenvalue weighted by atomic mass is 35.5. The maximum Gasteiger partial charge on any atom is 0.217 e. The summed E-state index contributed by atoms with van der Waals surface area (Å²) in [5.74, 6) is 0.611. The van der Waals surface area contributed by atoms with Crippen molar-refractivity contribution in [1.29, 1.82) is 0 Å². The summed E-state index contributed by atoms with van der Waals surface area (Å²) in [5.41, 5.74) is 3.37. The molecule has 0 radical (unpaired) electrons. The maximum absolute atomic E-state index is 6.29. The van der Waals surface area contributed by atoms with Crippen molar-refractivity contribution >= 4 is 39.0 Å². The number of hydrogen-bond acceptors (Lipinski definition) is 3. The molecule has 6 heteroatoms. The molecule has 0 aliphatic carbocycles. The van der Waals surface area contributed by atoms with E-state index < -0.39 is 0 Å². The van der Waals surface area contributed by atoms with Crippen molar-refractivity contribution in [3.63, 3.8) is 0 Å². The van der Waals surface area contributed by atoms with Crippen LogP contribution in [0.3, 0.4) is 0 Å². The Hall–Kier alpha value is -1.07. The quantitative estimate of drug-likeness (QED) is 0.642. The lowest BCUT2D eigenvalue weighted by molar-refractivity contribution is 0.542. The average Bonchev–Trinajstić information content (AvgIpc) is 2.50. The lowest BCUT2D eigenvalue weighted by Crippen LogP contribution is -2.17. The van der Waals surface area contributed by atoms with Gasteiger partial charge in [0.05, 0.1) is 5.39 Å². The highest BCUT2D eigenvalue weighted by Gasteiger charge is 2.25. The standard InChI is InChI=1S/C12H19ClN4Si/c1-6-7-9(13)14-11(16-18)15-10(7)17(5)8(6)12(2,3)4/h1-5,18H3,(H,14,15,16). The van der Waals surface area contributed by atoms with Gasteiger partial charge in [0.25, 0.3) is 0 Å². The predicted octanol–water partition coefficient (Wildman–Crippen LogP) is 1.92. The van der Waals surface area contributed by atoms with Crippen molar-refractivity contribution in [3.05, 3.63) is 16.4 Å². The van der Waals surface area contributed by atoms with Gasteiger partial charge in [0.1, 0.15) is 21.2 Å². The Kier molecular flexibility index (Phi) is 3.15. The van der Waals surface area contributed by atoms with E-state index in [9.17, 15) is 0 Å². The van der Waals surface area contributed by atoms with Crippen molar-refractivity contribution in [1.82, 2.24) is 14.5 Å².